The van der Waals surface area contributed by atoms with Crippen LogP contribution in [0.15, 0.2) is 42.1 Å². The molecular weight excluding hydrogens is 574 g/mol. The van der Waals surface area contributed by atoms with E-state index in [-0.39, 0.29) is 59.9 Å². The third-order valence-corrected chi connectivity index (χ3v) is 8.13. The van der Waals surface area contributed by atoms with Crippen LogP contribution in [0.5, 0.6) is 5.75 Å². The minimum absolute atomic E-state index is 0.0321. The summed E-state index contributed by atoms with van der Waals surface area (Å²) in [5.74, 6) is -3.09. The molecule has 1 aromatic rings. The summed E-state index contributed by atoms with van der Waals surface area (Å²) in [6, 6.07) is 4.05. The molecule has 1 aromatic carbocycles. The van der Waals surface area contributed by atoms with Gasteiger partial charge < -0.3 is 19.1 Å². The first-order valence-electron chi connectivity index (χ1n) is 12.8. The second-order valence-electron chi connectivity index (χ2n) is 9.19. The molecule has 1 aliphatic carbocycles. The number of allylic oxidation sites excluding steroid dienone is 2. The zero-order valence-electron chi connectivity index (χ0n) is 23.2. The van der Waals surface area contributed by atoms with Crippen molar-refractivity contribution in [3.63, 3.8) is 0 Å². The summed E-state index contributed by atoms with van der Waals surface area (Å²) in [4.78, 5) is 52.1. The molecule has 2 aliphatic rings. The van der Waals surface area contributed by atoms with Crippen molar-refractivity contribution < 1.29 is 41.8 Å². The van der Waals surface area contributed by atoms with E-state index in [0.717, 1.165) is 16.1 Å². The molecule has 0 fully saturated rings. The number of hydrogen-bond acceptors (Lipinski definition) is 12. The number of anilines is 1. The molecule has 0 bridgehead atoms. The summed E-state index contributed by atoms with van der Waals surface area (Å²) >= 11 is 1.21. The molecule has 1 aliphatic heterocycles. The Morgan fingerprint density at radius 1 is 1.15 bits per heavy atom. The van der Waals surface area contributed by atoms with Gasteiger partial charge in [0.2, 0.25) is 10.0 Å². The Morgan fingerprint density at radius 2 is 1.83 bits per heavy atom. The van der Waals surface area contributed by atoms with Crippen molar-refractivity contribution in [1.82, 2.24) is 4.90 Å². The molecule has 3 rings (SSSR count). The van der Waals surface area contributed by atoms with Crippen molar-refractivity contribution in [3.05, 3.63) is 47.7 Å². The highest BCUT2D eigenvalue weighted by Crippen LogP contribution is 2.34. The lowest BCUT2D eigenvalue weighted by atomic mass is 9.84. The van der Waals surface area contributed by atoms with Crippen molar-refractivity contribution in [2.45, 2.75) is 13.8 Å². The van der Waals surface area contributed by atoms with E-state index in [4.69, 9.17) is 19.6 Å². The average Bonchev–Trinajstić information content (AvgIpc) is 3.33. The normalized spacial score (nSPS) is 17.9. The Labute approximate surface area is 243 Å². The first-order chi connectivity index (χ1) is 19.4. The second-order valence-corrected chi connectivity index (χ2v) is 11.9. The summed E-state index contributed by atoms with van der Waals surface area (Å²) in [6.07, 6.45) is 7.87. The fraction of sp³-hybridized carbons (Fsp3) is 0.444. The van der Waals surface area contributed by atoms with Gasteiger partial charge in [-0.2, -0.15) is 0 Å². The molecule has 12 nitrogen and oxygen atoms in total. The quantitative estimate of drug-likeness (QED) is 0.151. The van der Waals surface area contributed by atoms with Crippen LogP contribution in [-0.2, 0) is 33.9 Å². The molecule has 0 spiro atoms. The van der Waals surface area contributed by atoms with Gasteiger partial charge in [-0.1, -0.05) is 12.2 Å². The first kappa shape index (κ1) is 31.9. The van der Waals surface area contributed by atoms with E-state index >= 15 is 0 Å². The lowest BCUT2D eigenvalue weighted by Crippen LogP contribution is -2.36. The molecule has 0 aromatic heterocycles. The maximum atomic E-state index is 13.3. The summed E-state index contributed by atoms with van der Waals surface area (Å²) in [6.45, 7) is 2.32. The lowest BCUT2D eigenvalue weighted by molar-refractivity contribution is -0.145. The number of ketones is 2. The van der Waals surface area contributed by atoms with Gasteiger partial charge in [0.25, 0.3) is 0 Å². The number of benzene rings is 1. The molecule has 2 unspecified atom stereocenters. The fourth-order valence-electron chi connectivity index (χ4n) is 4.41. The van der Waals surface area contributed by atoms with E-state index < -0.39 is 46.9 Å². The number of hydrogen-bond donors (Lipinski definition) is 1. The van der Waals surface area contributed by atoms with E-state index in [2.05, 4.69) is 0 Å². The van der Waals surface area contributed by atoms with Gasteiger partial charge in [0.05, 0.1) is 48.6 Å². The van der Waals surface area contributed by atoms with Crippen LogP contribution in [0, 0.1) is 17.2 Å². The highest BCUT2D eigenvalue weighted by atomic mass is 32.2. The summed E-state index contributed by atoms with van der Waals surface area (Å²) in [5.41, 5.74) is 0.757. The van der Waals surface area contributed by atoms with Crippen LogP contribution in [0.4, 0.5) is 5.69 Å². The molecule has 1 heterocycles. The Hall–Kier alpha value is -3.65. The van der Waals surface area contributed by atoms with Crippen LogP contribution in [0.1, 0.15) is 24.2 Å². The summed E-state index contributed by atoms with van der Waals surface area (Å²) in [5, 5.41) is 8.30. The SMILES string of the molecule is CCOC(=O)COc1ccc(C(=O)CN2C=C3C=CC(C(=N)SC)C(=O)C3C2)cc1N(CC(=O)OCC)S(C)(=O)=O. The molecule has 0 saturated carbocycles. The topological polar surface area (TPSA) is 160 Å². The van der Waals surface area contributed by atoms with Crippen molar-refractivity contribution in [1.29, 1.82) is 5.41 Å². The van der Waals surface area contributed by atoms with E-state index in [1.807, 2.05) is 0 Å². The Bertz CT molecular complexity index is 1390. The number of rotatable bonds is 13. The van der Waals surface area contributed by atoms with Crippen molar-refractivity contribution in [2.75, 3.05) is 56.3 Å². The van der Waals surface area contributed by atoms with E-state index in [0.29, 0.717) is 0 Å². The van der Waals surface area contributed by atoms with E-state index in [1.54, 1.807) is 43.4 Å². The molecule has 0 saturated heterocycles. The molecule has 41 heavy (non-hydrogen) atoms. The average molecular weight is 608 g/mol. The monoisotopic (exact) mass is 607 g/mol. The third-order valence-electron chi connectivity index (χ3n) is 6.31. The third kappa shape index (κ3) is 7.97. The number of sulfonamides is 1. The van der Waals surface area contributed by atoms with Crippen molar-refractivity contribution >= 4 is 56.0 Å². The number of esters is 2. The predicted molar refractivity (Wildman–Crippen MR) is 154 cm³/mol. The van der Waals surface area contributed by atoms with Gasteiger partial charge in [-0.15, -0.1) is 11.8 Å². The maximum Gasteiger partial charge on any atom is 0.344 e. The molecule has 2 atom stereocenters. The zero-order valence-corrected chi connectivity index (χ0v) is 24.9. The number of nitrogens with zero attached hydrogens (tertiary/aromatic N) is 2. The number of Topliss-reactive ketones (excluding diaryl/α,β-unsaturated/α-hetero) is 2. The largest absolute Gasteiger partial charge is 0.480 e. The fourth-order valence-corrected chi connectivity index (χ4v) is 5.70. The number of carbonyl (C=O) groups excluding carboxylic acids is 4. The Morgan fingerprint density at radius 3 is 2.46 bits per heavy atom. The molecule has 0 amide bonds. The van der Waals surface area contributed by atoms with Crippen LogP contribution in [0.3, 0.4) is 0 Å². The first-order valence-corrected chi connectivity index (χ1v) is 15.9. The van der Waals surface area contributed by atoms with Crippen LogP contribution in [-0.4, -0.2) is 93.8 Å². The molecule has 0 radical (unpaired) electrons. The molecular formula is C27H33N3O9S2. The smallest absolute Gasteiger partial charge is 0.344 e. The van der Waals surface area contributed by atoms with Gasteiger partial charge in [-0.05, 0) is 43.9 Å². The van der Waals surface area contributed by atoms with Gasteiger partial charge in [-0.25, -0.2) is 13.2 Å². The second kappa shape index (κ2) is 13.8. The maximum absolute atomic E-state index is 13.3. The summed E-state index contributed by atoms with van der Waals surface area (Å²) < 4.78 is 41.5. The summed E-state index contributed by atoms with van der Waals surface area (Å²) in [7, 11) is -4.06. The van der Waals surface area contributed by atoms with Gasteiger partial charge in [0.15, 0.2) is 18.2 Å². The number of fused-ring (bicyclic) bond motifs is 1. The van der Waals surface area contributed by atoms with E-state index in [1.165, 1.54) is 30.0 Å². The number of ether oxygens (including phenoxy) is 3. The van der Waals surface area contributed by atoms with Crippen LogP contribution >= 0.6 is 11.8 Å². The van der Waals surface area contributed by atoms with Gasteiger partial charge in [0, 0.05) is 18.3 Å². The van der Waals surface area contributed by atoms with Crippen molar-refractivity contribution in [3.8, 4) is 5.75 Å². The van der Waals surface area contributed by atoms with E-state index in [9.17, 15) is 27.6 Å². The number of nitrogens with one attached hydrogen (secondary N) is 1. The molecule has 14 heteroatoms. The highest BCUT2D eigenvalue weighted by Gasteiger charge is 2.38. The minimum Gasteiger partial charge on any atom is -0.480 e. The van der Waals surface area contributed by atoms with Gasteiger partial charge in [-0.3, -0.25) is 24.1 Å². The van der Waals surface area contributed by atoms with Gasteiger partial charge >= 0.3 is 11.9 Å². The highest BCUT2D eigenvalue weighted by molar-refractivity contribution is 8.13. The molecule has 222 valence electrons. The standard InChI is InChI=1S/C27H33N3O9S2/c1-5-37-24(32)15-30(41(4,35)36)21-11-17(8-10-23(21)39-16-25(33)38-6-2)22(31)14-29-12-18-7-9-19(27(28)40-3)26(34)20(18)13-29/h7-12,19-20,28H,5-6,13-16H2,1-4H3. The Balaban J connectivity index is 1.87. The number of thioether (sulfide) groups is 1. The zero-order chi connectivity index (χ0) is 30.3. The molecule has 1 N–H and O–H groups in total. The van der Waals surface area contributed by atoms with Crippen molar-refractivity contribution in [2.24, 2.45) is 11.8 Å². The number of carbonyl (C=O) groups is 4. The van der Waals surface area contributed by atoms with Crippen LogP contribution in [0.2, 0.25) is 0 Å². The predicted octanol–water partition coefficient (Wildman–Crippen LogP) is 2.05. The minimum atomic E-state index is -4.06. The van der Waals surface area contributed by atoms with Gasteiger partial charge in [0.1, 0.15) is 12.3 Å². The lowest BCUT2D eigenvalue weighted by Gasteiger charge is -2.25. The van der Waals surface area contributed by atoms with Crippen LogP contribution in [0.25, 0.3) is 0 Å². The van der Waals surface area contributed by atoms with Crippen LogP contribution < -0.4 is 9.04 Å². The Kier molecular flexibility index (Phi) is 10.7.